The van der Waals surface area contributed by atoms with Gasteiger partial charge in [0.15, 0.2) is 0 Å². The van der Waals surface area contributed by atoms with E-state index in [0.717, 1.165) is 5.69 Å². The third-order valence-corrected chi connectivity index (χ3v) is 2.14. The van der Waals surface area contributed by atoms with Crippen molar-refractivity contribution in [3.05, 3.63) is 29.8 Å². The van der Waals surface area contributed by atoms with Gasteiger partial charge in [-0.15, -0.1) is 0 Å². The van der Waals surface area contributed by atoms with Crippen molar-refractivity contribution >= 4 is 11.7 Å². The molecule has 0 aromatic heterocycles. The van der Waals surface area contributed by atoms with Gasteiger partial charge in [0.05, 0.1) is 12.2 Å². The lowest BCUT2D eigenvalue weighted by molar-refractivity contribution is 0.0388. The highest BCUT2D eigenvalue weighted by atomic mass is 16.6. The van der Waals surface area contributed by atoms with E-state index in [1.165, 1.54) is 0 Å². The number of ether oxygens (including phenoxy) is 2. The Balaban J connectivity index is 2.56. The van der Waals surface area contributed by atoms with Crippen LogP contribution in [-0.4, -0.2) is 40.4 Å². The molecule has 0 saturated heterocycles. The fraction of sp³-hybridized carbons (Fsp3) is 0.417. The SMILES string of the molecule is COCCOC(=O)c1ccc(N(C)C)cc1. The Hall–Kier alpha value is -1.55. The van der Waals surface area contributed by atoms with Gasteiger partial charge in [-0.3, -0.25) is 0 Å². The molecule has 1 rings (SSSR count). The van der Waals surface area contributed by atoms with Crippen molar-refractivity contribution in [3.8, 4) is 0 Å². The minimum atomic E-state index is -0.317. The first-order valence-corrected chi connectivity index (χ1v) is 5.08. The maximum Gasteiger partial charge on any atom is 0.338 e. The van der Waals surface area contributed by atoms with E-state index >= 15 is 0 Å². The van der Waals surface area contributed by atoms with Gasteiger partial charge in [-0.2, -0.15) is 0 Å². The van der Waals surface area contributed by atoms with Crippen LogP contribution >= 0.6 is 0 Å². The number of benzene rings is 1. The molecule has 0 N–H and O–H groups in total. The lowest BCUT2D eigenvalue weighted by Gasteiger charge is -2.12. The van der Waals surface area contributed by atoms with Gasteiger partial charge in [0.1, 0.15) is 6.61 Å². The number of esters is 1. The van der Waals surface area contributed by atoms with Crippen LogP contribution in [-0.2, 0) is 9.47 Å². The quantitative estimate of drug-likeness (QED) is 0.561. The second-order valence-corrected chi connectivity index (χ2v) is 3.57. The number of carbonyl (C=O) groups is 1. The molecule has 0 amide bonds. The first-order valence-electron chi connectivity index (χ1n) is 5.08. The minimum Gasteiger partial charge on any atom is -0.460 e. The number of anilines is 1. The van der Waals surface area contributed by atoms with Crippen molar-refractivity contribution in [1.29, 1.82) is 0 Å². The first-order chi connectivity index (χ1) is 7.65. The number of carbonyl (C=O) groups excluding carboxylic acids is 1. The number of hydrogen-bond acceptors (Lipinski definition) is 4. The largest absolute Gasteiger partial charge is 0.460 e. The van der Waals surface area contributed by atoms with Gasteiger partial charge in [-0.1, -0.05) is 0 Å². The van der Waals surface area contributed by atoms with E-state index in [4.69, 9.17) is 9.47 Å². The van der Waals surface area contributed by atoms with Crippen LogP contribution in [0.15, 0.2) is 24.3 Å². The second-order valence-electron chi connectivity index (χ2n) is 3.57. The highest BCUT2D eigenvalue weighted by molar-refractivity contribution is 5.89. The summed E-state index contributed by atoms with van der Waals surface area (Å²) in [4.78, 5) is 13.5. The standard InChI is InChI=1S/C12H17NO3/c1-13(2)11-6-4-10(5-7-11)12(14)16-9-8-15-3/h4-7H,8-9H2,1-3H3. The Morgan fingerprint density at radius 2 is 1.81 bits per heavy atom. The normalized spacial score (nSPS) is 9.94. The van der Waals surface area contributed by atoms with Crippen molar-refractivity contribution in [2.75, 3.05) is 39.3 Å². The van der Waals surface area contributed by atoms with Crippen molar-refractivity contribution in [2.24, 2.45) is 0 Å². The zero-order chi connectivity index (χ0) is 12.0. The Labute approximate surface area is 95.8 Å². The number of rotatable bonds is 5. The number of methoxy groups -OCH3 is 1. The van der Waals surface area contributed by atoms with E-state index < -0.39 is 0 Å². The van der Waals surface area contributed by atoms with Crippen LogP contribution in [0.2, 0.25) is 0 Å². The van der Waals surface area contributed by atoms with Crippen LogP contribution in [0.5, 0.6) is 0 Å². The van der Waals surface area contributed by atoms with Gasteiger partial charge in [0.25, 0.3) is 0 Å². The van der Waals surface area contributed by atoms with Gasteiger partial charge >= 0.3 is 5.97 Å². The van der Waals surface area contributed by atoms with Crippen molar-refractivity contribution in [2.45, 2.75) is 0 Å². The molecule has 4 nitrogen and oxygen atoms in total. The Bertz CT molecular complexity index is 333. The highest BCUT2D eigenvalue weighted by Crippen LogP contribution is 2.12. The molecule has 0 unspecified atom stereocenters. The molecule has 0 radical (unpaired) electrons. The first kappa shape index (κ1) is 12.5. The molecule has 0 heterocycles. The molecule has 0 bridgehead atoms. The van der Waals surface area contributed by atoms with E-state index in [0.29, 0.717) is 12.2 Å². The molecule has 1 aromatic rings. The molecular formula is C12H17NO3. The van der Waals surface area contributed by atoms with Gasteiger partial charge in [-0.05, 0) is 24.3 Å². The molecule has 0 aliphatic heterocycles. The Kier molecular flexibility index (Phi) is 4.79. The molecule has 88 valence electrons. The molecule has 0 fully saturated rings. The average Bonchev–Trinajstić information content (AvgIpc) is 2.29. The van der Waals surface area contributed by atoms with Gasteiger partial charge in [0, 0.05) is 26.9 Å². The zero-order valence-corrected chi connectivity index (χ0v) is 9.90. The molecule has 0 saturated carbocycles. The maximum absolute atomic E-state index is 11.5. The summed E-state index contributed by atoms with van der Waals surface area (Å²) in [5, 5.41) is 0. The van der Waals surface area contributed by atoms with E-state index in [1.54, 1.807) is 19.2 Å². The number of nitrogens with zero attached hydrogens (tertiary/aromatic N) is 1. The van der Waals surface area contributed by atoms with Crippen molar-refractivity contribution < 1.29 is 14.3 Å². The van der Waals surface area contributed by atoms with Crippen LogP contribution in [0.1, 0.15) is 10.4 Å². The smallest absolute Gasteiger partial charge is 0.338 e. The number of hydrogen-bond donors (Lipinski definition) is 0. The van der Waals surface area contributed by atoms with E-state index in [-0.39, 0.29) is 12.6 Å². The average molecular weight is 223 g/mol. The maximum atomic E-state index is 11.5. The Morgan fingerprint density at radius 1 is 1.19 bits per heavy atom. The van der Waals surface area contributed by atoms with E-state index in [1.807, 2.05) is 31.1 Å². The predicted octanol–water partition coefficient (Wildman–Crippen LogP) is 1.56. The molecule has 0 spiro atoms. The molecule has 4 heteroatoms. The summed E-state index contributed by atoms with van der Waals surface area (Å²) in [5.41, 5.74) is 1.61. The molecule has 1 aromatic carbocycles. The van der Waals surface area contributed by atoms with Gasteiger partial charge < -0.3 is 14.4 Å². The fourth-order valence-electron chi connectivity index (χ4n) is 1.20. The molecular weight excluding hydrogens is 206 g/mol. The monoisotopic (exact) mass is 223 g/mol. The van der Waals surface area contributed by atoms with Crippen LogP contribution in [0.25, 0.3) is 0 Å². The highest BCUT2D eigenvalue weighted by Gasteiger charge is 2.06. The summed E-state index contributed by atoms with van der Waals surface area (Å²) in [5.74, 6) is -0.317. The summed E-state index contributed by atoms with van der Waals surface area (Å²) in [7, 11) is 5.47. The fourth-order valence-corrected chi connectivity index (χ4v) is 1.20. The molecule has 16 heavy (non-hydrogen) atoms. The minimum absolute atomic E-state index is 0.283. The van der Waals surface area contributed by atoms with E-state index in [9.17, 15) is 4.79 Å². The second kappa shape index (κ2) is 6.12. The van der Waals surface area contributed by atoms with Crippen LogP contribution in [0.4, 0.5) is 5.69 Å². The molecule has 0 aliphatic carbocycles. The lowest BCUT2D eigenvalue weighted by Crippen LogP contribution is -2.11. The zero-order valence-electron chi connectivity index (χ0n) is 9.90. The Morgan fingerprint density at radius 3 is 2.31 bits per heavy atom. The summed E-state index contributed by atoms with van der Waals surface area (Å²) in [6.45, 7) is 0.701. The summed E-state index contributed by atoms with van der Waals surface area (Å²) < 4.78 is 9.79. The van der Waals surface area contributed by atoms with Gasteiger partial charge in [0.2, 0.25) is 0 Å². The van der Waals surface area contributed by atoms with Gasteiger partial charge in [-0.25, -0.2) is 4.79 Å². The molecule has 0 aliphatic rings. The van der Waals surface area contributed by atoms with E-state index in [2.05, 4.69) is 0 Å². The summed E-state index contributed by atoms with van der Waals surface area (Å²) in [6, 6.07) is 7.27. The van der Waals surface area contributed by atoms with Crippen LogP contribution in [0, 0.1) is 0 Å². The van der Waals surface area contributed by atoms with Crippen LogP contribution < -0.4 is 4.90 Å². The molecule has 0 atom stereocenters. The third-order valence-electron chi connectivity index (χ3n) is 2.14. The lowest BCUT2D eigenvalue weighted by atomic mass is 10.2. The topological polar surface area (TPSA) is 38.8 Å². The summed E-state index contributed by atoms with van der Waals surface area (Å²) in [6.07, 6.45) is 0. The predicted molar refractivity (Wildman–Crippen MR) is 62.9 cm³/mol. The summed E-state index contributed by atoms with van der Waals surface area (Å²) >= 11 is 0. The van der Waals surface area contributed by atoms with Crippen molar-refractivity contribution in [1.82, 2.24) is 0 Å². The third kappa shape index (κ3) is 3.55. The van der Waals surface area contributed by atoms with Crippen molar-refractivity contribution in [3.63, 3.8) is 0 Å². The van der Waals surface area contributed by atoms with Crippen LogP contribution in [0.3, 0.4) is 0 Å².